The quantitative estimate of drug-likeness (QED) is 0.612. The number of hydrogen-bond donors (Lipinski definition) is 2. The van der Waals surface area contributed by atoms with E-state index < -0.39 is 0 Å². The molecule has 0 aromatic carbocycles. The number of hydrogen-bond acceptors (Lipinski definition) is 4. The minimum atomic E-state index is -0.0107. The maximum Gasteiger partial charge on any atom is 0.317 e. The van der Waals surface area contributed by atoms with Gasteiger partial charge in [0.05, 0.1) is 0 Å². The highest BCUT2D eigenvalue weighted by molar-refractivity contribution is 5.76. The van der Waals surface area contributed by atoms with Gasteiger partial charge < -0.3 is 10.2 Å². The fraction of sp³-hybridized carbons (Fsp3) is 0.667. The molecule has 1 fully saturated rings. The van der Waals surface area contributed by atoms with E-state index in [1.807, 2.05) is 0 Å². The van der Waals surface area contributed by atoms with Crippen molar-refractivity contribution in [3.63, 3.8) is 0 Å². The SMILES string of the molecule is O=C1NCCN1CCc1nn[nH]n1. The minimum absolute atomic E-state index is 0.0107. The number of aromatic nitrogens is 4. The molecule has 0 spiro atoms. The van der Waals surface area contributed by atoms with Crippen molar-refractivity contribution in [1.82, 2.24) is 30.8 Å². The molecule has 2 rings (SSSR count). The lowest BCUT2D eigenvalue weighted by Crippen LogP contribution is -2.30. The topological polar surface area (TPSA) is 86.8 Å². The highest BCUT2D eigenvalue weighted by Crippen LogP contribution is 1.98. The molecule has 0 radical (unpaired) electrons. The van der Waals surface area contributed by atoms with Crippen LogP contribution in [0.5, 0.6) is 0 Å². The summed E-state index contributed by atoms with van der Waals surface area (Å²) in [5, 5.41) is 16.1. The van der Waals surface area contributed by atoms with Gasteiger partial charge in [-0.1, -0.05) is 5.21 Å². The van der Waals surface area contributed by atoms with Crippen LogP contribution in [0.15, 0.2) is 0 Å². The first-order chi connectivity index (χ1) is 6.36. The van der Waals surface area contributed by atoms with E-state index in [4.69, 9.17) is 0 Å². The highest BCUT2D eigenvalue weighted by atomic mass is 16.2. The molecule has 2 heterocycles. The van der Waals surface area contributed by atoms with Gasteiger partial charge in [-0.25, -0.2) is 4.79 Å². The zero-order valence-corrected chi connectivity index (χ0v) is 7.03. The molecule has 0 unspecified atom stereocenters. The fourth-order valence-corrected chi connectivity index (χ4v) is 1.25. The number of amides is 2. The van der Waals surface area contributed by atoms with Gasteiger partial charge in [0.1, 0.15) is 0 Å². The molecule has 7 heteroatoms. The number of rotatable bonds is 3. The third-order valence-corrected chi connectivity index (χ3v) is 1.94. The van der Waals surface area contributed by atoms with E-state index in [9.17, 15) is 4.79 Å². The maximum absolute atomic E-state index is 11.1. The molecule has 1 saturated heterocycles. The Morgan fingerprint density at radius 1 is 1.54 bits per heavy atom. The monoisotopic (exact) mass is 182 g/mol. The number of carbonyl (C=O) groups is 1. The van der Waals surface area contributed by atoms with Crippen molar-refractivity contribution in [2.75, 3.05) is 19.6 Å². The molecule has 0 saturated carbocycles. The molecule has 2 amide bonds. The van der Waals surface area contributed by atoms with Crippen molar-refractivity contribution in [1.29, 1.82) is 0 Å². The van der Waals surface area contributed by atoms with Crippen LogP contribution in [0.1, 0.15) is 5.82 Å². The van der Waals surface area contributed by atoms with E-state index in [1.165, 1.54) is 0 Å². The van der Waals surface area contributed by atoms with Crippen LogP contribution < -0.4 is 5.32 Å². The summed E-state index contributed by atoms with van der Waals surface area (Å²) in [6.07, 6.45) is 0.643. The Morgan fingerprint density at radius 2 is 2.46 bits per heavy atom. The number of urea groups is 1. The zero-order chi connectivity index (χ0) is 9.10. The largest absolute Gasteiger partial charge is 0.336 e. The standard InChI is InChI=1S/C6H10N6O/c13-6-7-2-4-12(6)3-1-5-8-10-11-9-5/h1-4H2,(H,7,13)(H,8,9,10,11). The van der Waals surface area contributed by atoms with E-state index in [1.54, 1.807) is 4.90 Å². The summed E-state index contributed by atoms with van der Waals surface area (Å²) < 4.78 is 0. The predicted octanol–water partition coefficient (Wildman–Crippen LogP) is -1.23. The third-order valence-electron chi connectivity index (χ3n) is 1.94. The number of tetrazole rings is 1. The van der Waals surface area contributed by atoms with Gasteiger partial charge in [-0.15, -0.1) is 10.2 Å². The Hall–Kier alpha value is -1.66. The van der Waals surface area contributed by atoms with Gasteiger partial charge >= 0.3 is 6.03 Å². The number of H-pyrrole nitrogens is 1. The van der Waals surface area contributed by atoms with Crippen LogP contribution in [0.4, 0.5) is 4.79 Å². The molecule has 1 aliphatic rings. The number of nitrogens with zero attached hydrogens (tertiary/aromatic N) is 4. The number of carbonyl (C=O) groups excluding carboxylic acids is 1. The molecule has 1 aliphatic heterocycles. The smallest absolute Gasteiger partial charge is 0.317 e. The lowest BCUT2D eigenvalue weighted by molar-refractivity contribution is 0.217. The first-order valence-electron chi connectivity index (χ1n) is 4.11. The van der Waals surface area contributed by atoms with Crippen molar-refractivity contribution in [3.05, 3.63) is 5.82 Å². The Labute approximate surface area is 74.5 Å². The second-order valence-corrected chi connectivity index (χ2v) is 2.80. The van der Waals surface area contributed by atoms with Crippen LogP contribution in [-0.4, -0.2) is 51.2 Å². The minimum Gasteiger partial charge on any atom is -0.336 e. The van der Waals surface area contributed by atoms with Gasteiger partial charge in [0.2, 0.25) is 0 Å². The van der Waals surface area contributed by atoms with E-state index >= 15 is 0 Å². The van der Waals surface area contributed by atoms with E-state index in [0.29, 0.717) is 18.8 Å². The molecule has 13 heavy (non-hydrogen) atoms. The first-order valence-corrected chi connectivity index (χ1v) is 4.11. The fourth-order valence-electron chi connectivity index (χ4n) is 1.25. The van der Waals surface area contributed by atoms with Crippen molar-refractivity contribution in [2.24, 2.45) is 0 Å². The molecule has 2 N–H and O–H groups in total. The van der Waals surface area contributed by atoms with Crippen LogP contribution in [0.25, 0.3) is 0 Å². The van der Waals surface area contributed by atoms with Crippen molar-refractivity contribution >= 4 is 6.03 Å². The summed E-state index contributed by atoms with van der Waals surface area (Å²) in [5.41, 5.74) is 0. The molecule has 7 nitrogen and oxygen atoms in total. The Morgan fingerprint density at radius 3 is 3.08 bits per heavy atom. The summed E-state index contributed by atoms with van der Waals surface area (Å²) in [6.45, 7) is 2.13. The van der Waals surface area contributed by atoms with Crippen molar-refractivity contribution < 1.29 is 4.79 Å². The third kappa shape index (κ3) is 1.74. The van der Waals surface area contributed by atoms with Gasteiger partial charge in [-0.05, 0) is 0 Å². The molecule has 0 aliphatic carbocycles. The summed E-state index contributed by atoms with van der Waals surface area (Å²) >= 11 is 0. The van der Waals surface area contributed by atoms with Crippen LogP contribution in [0.3, 0.4) is 0 Å². The van der Waals surface area contributed by atoms with E-state index in [0.717, 1.165) is 13.1 Å². The Kier molecular flexibility index (Phi) is 2.07. The van der Waals surface area contributed by atoms with Crippen LogP contribution in [0.2, 0.25) is 0 Å². The molecule has 1 aromatic heterocycles. The van der Waals surface area contributed by atoms with Crippen LogP contribution in [0, 0.1) is 0 Å². The van der Waals surface area contributed by atoms with E-state index in [2.05, 4.69) is 25.9 Å². The second-order valence-electron chi connectivity index (χ2n) is 2.80. The Bertz CT molecular complexity index is 283. The number of aromatic amines is 1. The summed E-state index contributed by atoms with van der Waals surface area (Å²) in [6, 6.07) is -0.0107. The van der Waals surface area contributed by atoms with Crippen molar-refractivity contribution in [3.8, 4) is 0 Å². The summed E-state index contributed by atoms with van der Waals surface area (Å²) in [4.78, 5) is 12.8. The summed E-state index contributed by atoms with van der Waals surface area (Å²) in [5.74, 6) is 0.639. The molecule has 1 aromatic rings. The number of nitrogens with one attached hydrogen (secondary N) is 2. The van der Waals surface area contributed by atoms with Gasteiger partial charge in [0, 0.05) is 26.1 Å². The van der Waals surface area contributed by atoms with Crippen molar-refractivity contribution in [2.45, 2.75) is 6.42 Å². The van der Waals surface area contributed by atoms with Gasteiger partial charge in [0.25, 0.3) is 0 Å². The average Bonchev–Trinajstić information content (AvgIpc) is 2.72. The first kappa shape index (κ1) is 7.96. The Balaban J connectivity index is 1.82. The van der Waals surface area contributed by atoms with E-state index in [-0.39, 0.29) is 6.03 Å². The van der Waals surface area contributed by atoms with Gasteiger partial charge in [0.15, 0.2) is 5.82 Å². The van der Waals surface area contributed by atoms with Crippen LogP contribution >= 0.6 is 0 Å². The molecule has 70 valence electrons. The lowest BCUT2D eigenvalue weighted by Gasteiger charge is -2.11. The molecular weight excluding hydrogens is 172 g/mol. The predicted molar refractivity (Wildman–Crippen MR) is 42.9 cm³/mol. The normalized spacial score (nSPS) is 16.3. The molecule has 0 atom stereocenters. The molecule has 0 bridgehead atoms. The van der Waals surface area contributed by atoms with Gasteiger partial charge in [-0.2, -0.15) is 5.21 Å². The average molecular weight is 182 g/mol. The summed E-state index contributed by atoms with van der Waals surface area (Å²) in [7, 11) is 0. The zero-order valence-electron chi connectivity index (χ0n) is 7.03. The second kappa shape index (κ2) is 3.38. The maximum atomic E-state index is 11.1. The van der Waals surface area contributed by atoms with Gasteiger partial charge in [-0.3, -0.25) is 0 Å². The molecular formula is C6H10N6O. The lowest BCUT2D eigenvalue weighted by atomic mass is 10.4. The van der Waals surface area contributed by atoms with Crippen LogP contribution in [-0.2, 0) is 6.42 Å². The highest BCUT2D eigenvalue weighted by Gasteiger charge is 2.18.